The molecule has 1 aliphatic rings. The fraction of sp³-hybridized carbons (Fsp3) is 0.647. The van der Waals surface area contributed by atoms with Crippen LogP contribution in [0.1, 0.15) is 62.6 Å². The van der Waals surface area contributed by atoms with E-state index in [1.54, 1.807) is 0 Å². The van der Waals surface area contributed by atoms with Crippen LogP contribution in [-0.4, -0.2) is 18.3 Å². The van der Waals surface area contributed by atoms with E-state index < -0.39 is 0 Å². The number of aliphatic hydroxyl groups excluding tert-OH is 1. The van der Waals surface area contributed by atoms with Gasteiger partial charge in [-0.3, -0.25) is 0 Å². The normalized spacial score (nSPS) is 23.9. The molecule has 2 heteroatoms. The Kier molecular flexibility index (Phi) is 5.41. The average Bonchev–Trinajstić information content (AvgIpc) is 2.45. The third-order valence-corrected chi connectivity index (χ3v) is 4.56. The smallest absolute Gasteiger partial charge is 0.0434 e. The zero-order chi connectivity index (χ0) is 13.7. The third kappa shape index (κ3) is 3.58. The molecule has 0 amide bonds. The second-order valence-corrected chi connectivity index (χ2v) is 5.85. The quantitative estimate of drug-likeness (QED) is 0.819. The van der Waals surface area contributed by atoms with Crippen LogP contribution in [0.4, 0.5) is 0 Å². The van der Waals surface area contributed by atoms with Crippen LogP contribution >= 0.6 is 0 Å². The summed E-state index contributed by atoms with van der Waals surface area (Å²) in [7, 11) is 0. The molecule has 0 fully saturated rings. The summed E-state index contributed by atoms with van der Waals surface area (Å²) in [4.78, 5) is 0. The van der Waals surface area contributed by atoms with Crippen molar-refractivity contribution in [2.75, 3.05) is 13.2 Å². The zero-order valence-electron chi connectivity index (χ0n) is 12.2. The highest BCUT2D eigenvalue weighted by atomic mass is 16.3. The number of benzene rings is 1. The summed E-state index contributed by atoms with van der Waals surface area (Å²) in [6.07, 6.45) is 4.55. The molecule has 0 saturated carbocycles. The van der Waals surface area contributed by atoms with Crippen LogP contribution in [0.2, 0.25) is 0 Å². The molecule has 1 aromatic carbocycles. The lowest BCUT2D eigenvalue weighted by atomic mass is 9.81. The van der Waals surface area contributed by atoms with Gasteiger partial charge in [-0.25, -0.2) is 0 Å². The van der Waals surface area contributed by atoms with Gasteiger partial charge in [-0.15, -0.1) is 0 Å². The van der Waals surface area contributed by atoms with Crippen molar-refractivity contribution in [1.29, 1.82) is 0 Å². The van der Waals surface area contributed by atoms with Gasteiger partial charge in [-0.2, -0.15) is 0 Å². The van der Waals surface area contributed by atoms with E-state index in [9.17, 15) is 0 Å². The van der Waals surface area contributed by atoms with Crippen LogP contribution in [0.25, 0.3) is 0 Å². The van der Waals surface area contributed by atoms with E-state index in [1.165, 1.54) is 24.0 Å². The van der Waals surface area contributed by atoms with Crippen LogP contribution in [-0.2, 0) is 0 Å². The van der Waals surface area contributed by atoms with Crippen molar-refractivity contribution in [2.45, 2.75) is 51.5 Å². The number of nitrogens with one attached hydrogen (secondary N) is 1. The van der Waals surface area contributed by atoms with Gasteiger partial charge in [0, 0.05) is 12.6 Å². The molecule has 19 heavy (non-hydrogen) atoms. The van der Waals surface area contributed by atoms with E-state index in [2.05, 4.69) is 43.4 Å². The Morgan fingerprint density at radius 3 is 2.68 bits per heavy atom. The Labute approximate surface area is 117 Å². The van der Waals surface area contributed by atoms with Gasteiger partial charge in [-0.05, 0) is 48.8 Å². The molecule has 3 unspecified atom stereocenters. The first-order valence-electron chi connectivity index (χ1n) is 7.69. The van der Waals surface area contributed by atoms with Crippen LogP contribution in [0.15, 0.2) is 24.3 Å². The zero-order valence-corrected chi connectivity index (χ0v) is 12.2. The van der Waals surface area contributed by atoms with E-state index in [0.717, 1.165) is 19.4 Å². The minimum atomic E-state index is 0.304. The highest BCUT2D eigenvalue weighted by Crippen LogP contribution is 2.37. The SMILES string of the molecule is CCC(CCO)CNC1CCC(C)c2ccccc21. The number of hydrogen-bond acceptors (Lipinski definition) is 2. The summed E-state index contributed by atoms with van der Waals surface area (Å²) in [6, 6.07) is 9.35. The molecule has 2 rings (SSSR count). The Morgan fingerprint density at radius 1 is 1.26 bits per heavy atom. The van der Waals surface area contributed by atoms with Crippen LogP contribution in [0, 0.1) is 5.92 Å². The number of aliphatic hydroxyl groups is 1. The Morgan fingerprint density at radius 2 is 2.00 bits per heavy atom. The molecule has 0 aromatic heterocycles. The molecule has 0 bridgehead atoms. The Balaban J connectivity index is 2.00. The molecule has 0 saturated heterocycles. The van der Waals surface area contributed by atoms with Crippen LogP contribution in [0.5, 0.6) is 0 Å². The van der Waals surface area contributed by atoms with Crippen molar-refractivity contribution in [2.24, 2.45) is 5.92 Å². The first-order valence-corrected chi connectivity index (χ1v) is 7.69. The predicted octanol–water partition coefficient (Wildman–Crippen LogP) is 3.62. The molecule has 2 nitrogen and oxygen atoms in total. The molecule has 3 atom stereocenters. The lowest BCUT2D eigenvalue weighted by Gasteiger charge is -2.31. The molecule has 1 aromatic rings. The number of hydrogen-bond donors (Lipinski definition) is 2. The summed E-state index contributed by atoms with van der Waals surface area (Å²) in [6.45, 7) is 5.86. The van der Waals surface area contributed by atoms with Crippen LogP contribution in [0.3, 0.4) is 0 Å². The van der Waals surface area contributed by atoms with E-state index in [-0.39, 0.29) is 0 Å². The minimum absolute atomic E-state index is 0.304. The van der Waals surface area contributed by atoms with E-state index in [0.29, 0.717) is 24.5 Å². The third-order valence-electron chi connectivity index (χ3n) is 4.56. The topological polar surface area (TPSA) is 32.3 Å². The monoisotopic (exact) mass is 261 g/mol. The highest BCUT2D eigenvalue weighted by molar-refractivity contribution is 5.34. The molecule has 106 valence electrons. The lowest BCUT2D eigenvalue weighted by molar-refractivity contribution is 0.246. The number of rotatable bonds is 6. The maximum Gasteiger partial charge on any atom is 0.0434 e. The highest BCUT2D eigenvalue weighted by Gasteiger charge is 2.24. The molecular weight excluding hydrogens is 234 g/mol. The van der Waals surface area contributed by atoms with Crippen molar-refractivity contribution < 1.29 is 5.11 Å². The van der Waals surface area contributed by atoms with Gasteiger partial charge in [0.05, 0.1) is 0 Å². The summed E-state index contributed by atoms with van der Waals surface area (Å²) >= 11 is 0. The van der Waals surface area contributed by atoms with Gasteiger partial charge < -0.3 is 10.4 Å². The Hall–Kier alpha value is -0.860. The van der Waals surface area contributed by atoms with E-state index in [4.69, 9.17) is 5.11 Å². The summed E-state index contributed by atoms with van der Waals surface area (Å²) in [5, 5.41) is 12.8. The molecule has 0 radical (unpaired) electrons. The summed E-state index contributed by atoms with van der Waals surface area (Å²) in [5.41, 5.74) is 3.00. The maximum absolute atomic E-state index is 9.07. The van der Waals surface area contributed by atoms with Crippen LogP contribution < -0.4 is 5.32 Å². The van der Waals surface area contributed by atoms with Gasteiger partial charge in [0.25, 0.3) is 0 Å². The Bertz CT molecular complexity index is 391. The van der Waals surface area contributed by atoms with Gasteiger partial charge in [-0.1, -0.05) is 44.5 Å². The molecule has 0 spiro atoms. The lowest BCUT2D eigenvalue weighted by Crippen LogP contribution is -2.30. The molecule has 1 aliphatic carbocycles. The first kappa shape index (κ1) is 14.5. The van der Waals surface area contributed by atoms with Crippen molar-refractivity contribution >= 4 is 0 Å². The predicted molar refractivity (Wildman–Crippen MR) is 80.3 cm³/mol. The van der Waals surface area contributed by atoms with Crippen molar-refractivity contribution in [3.8, 4) is 0 Å². The van der Waals surface area contributed by atoms with Crippen molar-refractivity contribution in [3.63, 3.8) is 0 Å². The summed E-state index contributed by atoms with van der Waals surface area (Å²) < 4.78 is 0. The van der Waals surface area contributed by atoms with Crippen molar-refractivity contribution in [3.05, 3.63) is 35.4 Å². The maximum atomic E-state index is 9.07. The standard InChI is InChI=1S/C17H27NO/c1-3-14(10-11-19)12-18-17-9-8-13(2)15-6-4-5-7-16(15)17/h4-7,13-14,17-19H,3,8-12H2,1-2H3. The fourth-order valence-electron chi connectivity index (χ4n) is 3.16. The second-order valence-electron chi connectivity index (χ2n) is 5.85. The first-order chi connectivity index (χ1) is 9.26. The van der Waals surface area contributed by atoms with Gasteiger partial charge in [0.1, 0.15) is 0 Å². The molecule has 2 N–H and O–H groups in total. The van der Waals surface area contributed by atoms with E-state index in [1.807, 2.05) is 0 Å². The summed E-state index contributed by atoms with van der Waals surface area (Å²) in [5.74, 6) is 1.28. The molecule has 0 aliphatic heterocycles. The van der Waals surface area contributed by atoms with E-state index >= 15 is 0 Å². The van der Waals surface area contributed by atoms with Gasteiger partial charge in [0.2, 0.25) is 0 Å². The average molecular weight is 261 g/mol. The van der Waals surface area contributed by atoms with Gasteiger partial charge >= 0.3 is 0 Å². The second kappa shape index (κ2) is 7.06. The molecular formula is C17H27NO. The minimum Gasteiger partial charge on any atom is -0.396 e. The number of fused-ring (bicyclic) bond motifs is 1. The van der Waals surface area contributed by atoms with Crippen molar-refractivity contribution in [1.82, 2.24) is 5.32 Å². The molecule has 0 heterocycles. The fourth-order valence-corrected chi connectivity index (χ4v) is 3.16. The van der Waals surface area contributed by atoms with Gasteiger partial charge in [0.15, 0.2) is 0 Å². The largest absolute Gasteiger partial charge is 0.396 e.